The second kappa shape index (κ2) is 9.29. The summed E-state index contributed by atoms with van der Waals surface area (Å²) in [5, 5.41) is 0.444. The van der Waals surface area contributed by atoms with E-state index in [-0.39, 0.29) is 24.3 Å². The van der Waals surface area contributed by atoms with Gasteiger partial charge in [-0.25, -0.2) is 4.79 Å². The first-order chi connectivity index (χ1) is 16.5. The summed E-state index contributed by atoms with van der Waals surface area (Å²) in [4.78, 5) is 56.5. The summed E-state index contributed by atoms with van der Waals surface area (Å²) in [5.41, 5.74) is 1.00. The lowest BCUT2D eigenvalue weighted by Gasteiger charge is -2.36. The molecule has 2 aromatic carbocycles. The molecule has 1 N–H and O–H groups in total. The molecule has 3 aromatic rings. The fraction of sp³-hybridized carbons (Fsp3) is 0.385. The zero-order valence-corrected chi connectivity index (χ0v) is 19.0. The normalized spacial score (nSPS) is 16.8. The number of carbonyl (C=O) groups is 2. The highest BCUT2D eigenvalue weighted by molar-refractivity contribution is 5.94. The van der Waals surface area contributed by atoms with Gasteiger partial charge in [0.1, 0.15) is 0 Å². The van der Waals surface area contributed by atoms with Gasteiger partial charge in [-0.05, 0) is 42.7 Å². The number of fused-ring (bicyclic) bond motifs is 1. The van der Waals surface area contributed by atoms with Crippen LogP contribution in [0, 0.1) is 5.92 Å². The minimum absolute atomic E-state index is 0.0755. The Morgan fingerprint density at radius 2 is 1.59 bits per heavy atom. The minimum atomic E-state index is -0.483. The molecule has 1 saturated heterocycles. The van der Waals surface area contributed by atoms with Crippen molar-refractivity contribution in [1.29, 1.82) is 0 Å². The summed E-state index contributed by atoms with van der Waals surface area (Å²) >= 11 is 0. The van der Waals surface area contributed by atoms with E-state index in [1.54, 1.807) is 47.4 Å². The fourth-order valence-electron chi connectivity index (χ4n) is 5.13. The molecule has 5 rings (SSSR count). The van der Waals surface area contributed by atoms with E-state index < -0.39 is 11.2 Å². The highest BCUT2D eigenvalue weighted by Crippen LogP contribution is 2.27. The predicted octanol–water partition coefficient (Wildman–Crippen LogP) is 2.21. The van der Waals surface area contributed by atoms with Crippen molar-refractivity contribution in [3.63, 3.8) is 0 Å². The van der Waals surface area contributed by atoms with Crippen LogP contribution in [0.5, 0.6) is 0 Å². The Hall–Kier alpha value is -3.68. The summed E-state index contributed by atoms with van der Waals surface area (Å²) in [6.45, 7) is 2.41. The van der Waals surface area contributed by atoms with Crippen LogP contribution in [0.25, 0.3) is 10.9 Å². The van der Waals surface area contributed by atoms with Crippen molar-refractivity contribution in [3.8, 4) is 0 Å². The molecule has 0 spiro atoms. The summed E-state index contributed by atoms with van der Waals surface area (Å²) in [6, 6.07) is 14.2. The Morgan fingerprint density at radius 1 is 0.882 bits per heavy atom. The number of benzene rings is 2. The van der Waals surface area contributed by atoms with E-state index >= 15 is 0 Å². The minimum Gasteiger partial charge on any atom is -0.339 e. The number of nitrogens with one attached hydrogen (secondary N) is 1. The fourth-order valence-corrected chi connectivity index (χ4v) is 5.13. The molecule has 0 bridgehead atoms. The van der Waals surface area contributed by atoms with Crippen LogP contribution < -0.4 is 11.2 Å². The molecule has 2 amide bonds. The number of para-hydroxylation sites is 1. The Balaban J connectivity index is 1.30. The zero-order valence-electron chi connectivity index (χ0n) is 19.0. The van der Waals surface area contributed by atoms with Gasteiger partial charge >= 0.3 is 5.69 Å². The second-order valence-corrected chi connectivity index (χ2v) is 9.16. The second-order valence-electron chi connectivity index (χ2n) is 9.16. The number of aromatic amines is 1. The molecule has 2 aliphatic rings. The maximum Gasteiger partial charge on any atom is 0.329 e. The Bertz CT molecular complexity index is 1340. The van der Waals surface area contributed by atoms with E-state index in [9.17, 15) is 19.2 Å². The summed E-state index contributed by atoms with van der Waals surface area (Å²) in [6.07, 6.45) is 4.23. The van der Waals surface area contributed by atoms with Crippen molar-refractivity contribution in [2.24, 2.45) is 5.92 Å². The van der Waals surface area contributed by atoms with E-state index in [2.05, 4.69) is 4.98 Å². The topological polar surface area (TPSA) is 95.5 Å². The van der Waals surface area contributed by atoms with Crippen molar-refractivity contribution < 1.29 is 9.59 Å². The molecule has 0 atom stereocenters. The van der Waals surface area contributed by atoms with Gasteiger partial charge in [0.15, 0.2) is 0 Å². The van der Waals surface area contributed by atoms with Gasteiger partial charge in [0.05, 0.1) is 17.4 Å². The van der Waals surface area contributed by atoms with Gasteiger partial charge in [-0.2, -0.15) is 0 Å². The maximum atomic E-state index is 13.2. The predicted molar refractivity (Wildman–Crippen MR) is 129 cm³/mol. The van der Waals surface area contributed by atoms with E-state index in [0.29, 0.717) is 42.6 Å². The monoisotopic (exact) mass is 460 g/mol. The van der Waals surface area contributed by atoms with Crippen molar-refractivity contribution in [1.82, 2.24) is 19.4 Å². The number of nitrogens with zero attached hydrogens (tertiary/aromatic N) is 3. The maximum absolute atomic E-state index is 13.2. The highest BCUT2D eigenvalue weighted by atomic mass is 16.2. The third kappa shape index (κ3) is 4.27. The molecule has 2 heterocycles. The third-order valence-corrected chi connectivity index (χ3v) is 7.00. The smallest absolute Gasteiger partial charge is 0.329 e. The first-order valence-electron chi connectivity index (χ1n) is 11.9. The molecule has 8 nitrogen and oxygen atoms in total. The van der Waals surface area contributed by atoms with E-state index in [1.807, 2.05) is 11.0 Å². The van der Waals surface area contributed by atoms with Crippen LogP contribution >= 0.6 is 0 Å². The average molecular weight is 461 g/mol. The van der Waals surface area contributed by atoms with Crippen LogP contribution in [-0.2, 0) is 11.3 Å². The van der Waals surface area contributed by atoms with Crippen LogP contribution in [0.2, 0.25) is 0 Å². The number of carbonyl (C=O) groups excluding carboxylic acids is 2. The first kappa shape index (κ1) is 22.1. The van der Waals surface area contributed by atoms with Gasteiger partial charge in [0.25, 0.3) is 11.5 Å². The summed E-state index contributed by atoms with van der Waals surface area (Å²) in [5.74, 6) is 0.324. The van der Waals surface area contributed by atoms with Crippen molar-refractivity contribution in [2.45, 2.75) is 32.2 Å². The van der Waals surface area contributed by atoms with Crippen LogP contribution in [0.4, 0.5) is 0 Å². The van der Waals surface area contributed by atoms with Crippen molar-refractivity contribution >= 4 is 22.7 Å². The number of H-pyrrole nitrogens is 1. The average Bonchev–Trinajstić information content (AvgIpc) is 3.41. The number of aromatic nitrogens is 2. The van der Waals surface area contributed by atoms with Crippen LogP contribution in [0.15, 0.2) is 58.1 Å². The highest BCUT2D eigenvalue weighted by Gasteiger charge is 2.30. The number of rotatable bonds is 4. The molecule has 8 heteroatoms. The quantitative estimate of drug-likeness (QED) is 0.646. The first-order valence-corrected chi connectivity index (χ1v) is 11.9. The molecule has 0 unspecified atom stereocenters. The molecule has 1 aromatic heterocycles. The van der Waals surface area contributed by atoms with Gasteiger partial charge in [0, 0.05) is 37.7 Å². The van der Waals surface area contributed by atoms with Gasteiger partial charge in [-0.3, -0.25) is 23.9 Å². The molecular weight excluding hydrogens is 432 g/mol. The van der Waals surface area contributed by atoms with Crippen molar-refractivity contribution in [2.75, 3.05) is 26.2 Å². The van der Waals surface area contributed by atoms with Crippen LogP contribution in [0.1, 0.15) is 41.6 Å². The Kier molecular flexibility index (Phi) is 6.04. The zero-order chi connectivity index (χ0) is 23.7. The number of amides is 2. The largest absolute Gasteiger partial charge is 0.339 e. The number of hydrogen-bond donors (Lipinski definition) is 1. The van der Waals surface area contributed by atoms with E-state index in [4.69, 9.17) is 0 Å². The molecule has 34 heavy (non-hydrogen) atoms. The molecular formula is C26H28N4O4. The molecule has 176 valence electrons. The van der Waals surface area contributed by atoms with Gasteiger partial charge in [-0.15, -0.1) is 0 Å². The number of piperazine rings is 1. The van der Waals surface area contributed by atoms with Gasteiger partial charge in [-0.1, -0.05) is 37.1 Å². The van der Waals surface area contributed by atoms with Crippen LogP contribution in [-0.4, -0.2) is 57.3 Å². The SMILES string of the molecule is O=C(c1cccc(Cn2c(=O)[nH]c(=O)c3ccccc32)c1)N1CCN(C(=O)C2CCCC2)CC1. The summed E-state index contributed by atoms with van der Waals surface area (Å²) in [7, 11) is 0. The van der Waals surface area contributed by atoms with Gasteiger partial charge in [0.2, 0.25) is 5.91 Å². The standard InChI is InChI=1S/C26H28N4O4/c31-23-21-10-3-4-11-22(21)30(26(34)27-23)17-18-6-5-9-20(16-18)25(33)29-14-12-28(13-15-29)24(32)19-7-1-2-8-19/h3-6,9-11,16,19H,1-2,7-8,12-15,17H2,(H,27,31,34). The molecule has 0 radical (unpaired) electrons. The molecule has 2 fully saturated rings. The van der Waals surface area contributed by atoms with E-state index in [1.165, 1.54) is 4.57 Å². The number of hydrogen-bond acceptors (Lipinski definition) is 4. The summed E-state index contributed by atoms with van der Waals surface area (Å²) < 4.78 is 1.51. The molecule has 1 aliphatic carbocycles. The van der Waals surface area contributed by atoms with Gasteiger partial charge < -0.3 is 9.80 Å². The lowest BCUT2D eigenvalue weighted by atomic mass is 10.1. The van der Waals surface area contributed by atoms with Crippen LogP contribution in [0.3, 0.4) is 0 Å². The molecule has 1 saturated carbocycles. The Morgan fingerprint density at radius 3 is 2.35 bits per heavy atom. The van der Waals surface area contributed by atoms with Crippen molar-refractivity contribution in [3.05, 3.63) is 80.5 Å². The lowest BCUT2D eigenvalue weighted by Crippen LogP contribution is -2.51. The lowest BCUT2D eigenvalue weighted by molar-refractivity contribution is -0.136. The van der Waals surface area contributed by atoms with E-state index in [0.717, 1.165) is 31.2 Å². The Labute approximate surface area is 196 Å². The molecule has 1 aliphatic heterocycles. The third-order valence-electron chi connectivity index (χ3n) is 7.00.